The van der Waals surface area contributed by atoms with Crippen molar-refractivity contribution in [1.82, 2.24) is 19.4 Å². The first-order valence-corrected chi connectivity index (χ1v) is 16.6. The van der Waals surface area contributed by atoms with Gasteiger partial charge in [0.2, 0.25) is 0 Å². The summed E-state index contributed by atoms with van der Waals surface area (Å²) in [5.41, 5.74) is 9.09. The number of hydrogen-bond acceptors (Lipinski definition) is 3. The quantitative estimate of drug-likeness (QED) is 0.183. The largest absolute Gasteiger partial charge is 0.308 e. The lowest BCUT2D eigenvalue weighted by molar-refractivity contribution is 1.07. The van der Waals surface area contributed by atoms with Crippen LogP contribution in [0.2, 0.25) is 0 Å². The minimum atomic E-state index is 0.654. The molecule has 4 nitrogen and oxygen atoms in total. The predicted octanol–water partition coefficient (Wildman–Crippen LogP) is 11.4. The molecule has 0 fully saturated rings. The molecule has 49 heavy (non-hydrogen) atoms. The number of hydrogen-bond donors (Lipinski definition) is 0. The van der Waals surface area contributed by atoms with Gasteiger partial charge in [-0.05, 0) is 45.5 Å². The second-order valence-electron chi connectivity index (χ2n) is 12.8. The van der Waals surface area contributed by atoms with Crippen molar-refractivity contribution >= 4 is 59.6 Å². The van der Waals surface area contributed by atoms with E-state index in [0.717, 1.165) is 22.3 Å². The first kappa shape index (κ1) is 26.4. The number of benzene rings is 8. The monoisotopic (exact) mass is 622 g/mol. The number of rotatable bonds is 4. The summed E-state index contributed by atoms with van der Waals surface area (Å²) in [6.07, 6.45) is 0. The van der Waals surface area contributed by atoms with Crippen molar-refractivity contribution in [3.63, 3.8) is 0 Å². The van der Waals surface area contributed by atoms with E-state index in [1.54, 1.807) is 0 Å². The molecule has 0 amide bonds. The number of fused-ring (bicyclic) bond motifs is 7. The Labute approximate surface area is 281 Å². The Balaban J connectivity index is 1.17. The lowest BCUT2D eigenvalue weighted by Crippen LogP contribution is -2.00. The molecule has 11 rings (SSSR count). The van der Waals surface area contributed by atoms with Crippen LogP contribution in [-0.4, -0.2) is 19.4 Å². The van der Waals surface area contributed by atoms with Crippen LogP contribution in [0.1, 0.15) is 0 Å². The van der Waals surface area contributed by atoms with E-state index < -0.39 is 0 Å². The Morgan fingerprint density at radius 3 is 1.49 bits per heavy atom. The van der Waals surface area contributed by atoms with Crippen LogP contribution in [0.4, 0.5) is 0 Å². The molecule has 0 spiro atoms. The van der Waals surface area contributed by atoms with Gasteiger partial charge in [-0.3, -0.25) is 0 Å². The van der Waals surface area contributed by atoms with Crippen LogP contribution in [0.15, 0.2) is 158 Å². The zero-order valence-corrected chi connectivity index (χ0v) is 26.3. The molecule has 11 aromatic rings. The summed E-state index contributed by atoms with van der Waals surface area (Å²) in [5.74, 6) is 1.98. The van der Waals surface area contributed by atoms with Gasteiger partial charge in [0.1, 0.15) is 0 Å². The maximum atomic E-state index is 4.98. The Hall–Kier alpha value is -6.65. The molecule has 3 heterocycles. The lowest BCUT2D eigenvalue weighted by atomic mass is 9.88. The van der Waals surface area contributed by atoms with Crippen molar-refractivity contribution in [2.45, 2.75) is 0 Å². The van der Waals surface area contributed by atoms with Gasteiger partial charge in [0, 0.05) is 43.6 Å². The second kappa shape index (κ2) is 9.93. The maximum Gasteiger partial charge on any atom is 0.164 e. The van der Waals surface area contributed by atoms with Crippen molar-refractivity contribution in [3.8, 4) is 45.3 Å². The van der Waals surface area contributed by atoms with Crippen LogP contribution >= 0.6 is 0 Å². The van der Waals surface area contributed by atoms with E-state index >= 15 is 0 Å². The van der Waals surface area contributed by atoms with Crippen LogP contribution in [0.3, 0.4) is 0 Å². The molecule has 0 saturated heterocycles. The van der Waals surface area contributed by atoms with E-state index in [1.807, 2.05) is 60.7 Å². The molecular formula is C45H26N4. The number of nitrogens with zero attached hydrogens (tertiary/aromatic N) is 4. The third-order valence-electron chi connectivity index (χ3n) is 10.1. The Kier molecular flexibility index (Phi) is 5.35. The molecule has 0 aliphatic carbocycles. The molecule has 0 aliphatic rings. The zero-order valence-electron chi connectivity index (χ0n) is 26.3. The van der Waals surface area contributed by atoms with Crippen LogP contribution in [0.25, 0.3) is 105 Å². The highest BCUT2D eigenvalue weighted by Crippen LogP contribution is 2.50. The Morgan fingerprint density at radius 1 is 0.327 bits per heavy atom. The third-order valence-corrected chi connectivity index (χ3v) is 10.1. The van der Waals surface area contributed by atoms with Crippen molar-refractivity contribution in [2.24, 2.45) is 0 Å². The van der Waals surface area contributed by atoms with E-state index in [9.17, 15) is 0 Å². The highest BCUT2D eigenvalue weighted by atomic mass is 15.0. The minimum absolute atomic E-state index is 0.654. The van der Waals surface area contributed by atoms with Crippen LogP contribution in [-0.2, 0) is 0 Å². The first-order chi connectivity index (χ1) is 24.3. The topological polar surface area (TPSA) is 43.1 Å². The molecule has 0 unspecified atom stereocenters. The molecule has 0 radical (unpaired) electrons. The Morgan fingerprint density at radius 2 is 0.816 bits per heavy atom. The average Bonchev–Trinajstić information content (AvgIpc) is 3.71. The second-order valence-corrected chi connectivity index (χ2v) is 12.8. The van der Waals surface area contributed by atoms with E-state index in [-0.39, 0.29) is 0 Å². The van der Waals surface area contributed by atoms with Gasteiger partial charge in [0.05, 0.1) is 16.6 Å². The summed E-state index contributed by atoms with van der Waals surface area (Å²) < 4.78 is 2.48. The van der Waals surface area contributed by atoms with Gasteiger partial charge < -0.3 is 4.40 Å². The number of aromatic nitrogens is 4. The summed E-state index contributed by atoms with van der Waals surface area (Å²) in [6, 6.07) is 55.9. The summed E-state index contributed by atoms with van der Waals surface area (Å²) in [6.45, 7) is 0. The van der Waals surface area contributed by atoms with Gasteiger partial charge in [-0.2, -0.15) is 0 Å². The molecule has 0 aliphatic heterocycles. The van der Waals surface area contributed by atoms with Crippen LogP contribution in [0, 0.1) is 0 Å². The van der Waals surface area contributed by atoms with Crippen molar-refractivity contribution in [1.29, 1.82) is 0 Å². The molecular weight excluding hydrogens is 597 g/mol. The lowest BCUT2D eigenvalue weighted by Gasteiger charge is -2.14. The van der Waals surface area contributed by atoms with Gasteiger partial charge in [-0.1, -0.05) is 140 Å². The summed E-state index contributed by atoms with van der Waals surface area (Å²) in [7, 11) is 0. The third kappa shape index (κ3) is 3.71. The number of para-hydroxylation sites is 1. The van der Waals surface area contributed by atoms with E-state index in [1.165, 1.54) is 65.2 Å². The average molecular weight is 623 g/mol. The highest BCUT2D eigenvalue weighted by molar-refractivity contribution is 6.41. The molecule has 0 bridgehead atoms. The highest BCUT2D eigenvalue weighted by Gasteiger charge is 2.25. The minimum Gasteiger partial charge on any atom is -0.308 e. The van der Waals surface area contributed by atoms with Crippen molar-refractivity contribution < 1.29 is 0 Å². The summed E-state index contributed by atoms with van der Waals surface area (Å²) >= 11 is 0. The predicted molar refractivity (Wildman–Crippen MR) is 202 cm³/mol. The molecule has 4 heteroatoms. The van der Waals surface area contributed by atoms with Crippen molar-refractivity contribution in [3.05, 3.63) is 158 Å². The summed E-state index contributed by atoms with van der Waals surface area (Å²) in [4.78, 5) is 14.8. The fourth-order valence-corrected chi connectivity index (χ4v) is 8.01. The van der Waals surface area contributed by atoms with Gasteiger partial charge in [-0.25, -0.2) is 15.0 Å². The molecule has 0 saturated carbocycles. The molecule has 0 N–H and O–H groups in total. The fourth-order valence-electron chi connectivity index (χ4n) is 8.01. The maximum absolute atomic E-state index is 4.98. The van der Waals surface area contributed by atoms with Crippen LogP contribution < -0.4 is 0 Å². The fraction of sp³-hybridized carbons (Fsp3) is 0. The van der Waals surface area contributed by atoms with Gasteiger partial charge in [0.15, 0.2) is 17.5 Å². The molecule has 8 aromatic carbocycles. The summed E-state index contributed by atoms with van der Waals surface area (Å²) in [5, 5.41) is 10.4. The smallest absolute Gasteiger partial charge is 0.164 e. The van der Waals surface area contributed by atoms with Gasteiger partial charge in [0.25, 0.3) is 0 Å². The van der Waals surface area contributed by atoms with E-state index in [4.69, 9.17) is 15.0 Å². The SMILES string of the molecule is c1ccc(-c2nc(-c3ccccc3)nc(-c3ccc(-c4cc5c6ccccc6n6c7cccc8c9ccccc9c4c(c87)c56)cc3)n2)cc1. The van der Waals surface area contributed by atoms with Crippen LogP contribution in [0.5, 0.6) is 0 Å². The molecule has 226 valence electrons. The Bertz CT molecular complexity index is 2960. The zero-order chi connectivity index (χ0) is 32.1. The van der Waals surface area contributed by atoms with Gasteiger partial charge in [-0.15, -0.1) is 0 Å². The van der Waals surface area contributed by atoms with Gasteiger partial charge >= 0.3 is 0 Å². The normalized spacial score (nSPS) is 12.1. The van der Waals surface area contributed by atoms with E-state index in [2.05, 4.69) is 101 Å². The first-order valence-electron chi connectivity index (χ1n) is 16.6. The molecule has 3 aromatic heterocycles. The standard InChI is InChI=1S/C45H26N4/c1-3-12-28(13-4-1)43-46-44(29-14-5-2-6-15-29)48-45(47-43)30-24-22-27(23-25-30)35-26-36-32-17-9-10-20-37(32)49-38-21-11-19-34-31-16-7-8-18-33(31)39(35)41(40(34)38)42(36)49/h1-26H. The van der Waals surface area contributed by atoms with Crippen molar-refractivity contribution in [2.75, 3.05) is 0 Å². The molecule has 0 atom stereocenters. The van der Waals surface area contributed by atoms with E-state index in [0.29, 0.717) is 17.5 Å².